The summed E-state index contributed by atoms with van der Waals surface area (Å²) in [5, 5.41) is 0. The number of rotatable bonds is 4. The summed E-state index contributed by atoms with van der Waals surface area (Å²) >= 11 is 0. The summed E-state index contributed by atoms with van der Waals surface area (Å²) in [6.45, 7) is 6.79. The van der Waals surface area contributed by atoms with E-state index in [0.717, 1.165) is 5.56 Å². The van der Waals surface area contributed by atoms with Gasteiger partial charge in [-0.1, -0.05) is 45.0 Å². The minimum absolute atomic E-state index is 0.123. The molecule has 22 heavy (non-hydrogen) atoms. The molecule has 2 rings (SSSR count). The van der Waals surface area contributed by atoms with E-state index >= 15 is 0 Å². The fourth-order valence-corrected chi connectivity index (χ4v) is 2.06. The van der Waals surface area contributed by atoms with E-state index < -0.39 is 0 Å². The molecule has 0 spiro atoms. The predicted octanol–water partition coefficient (Wildman–Crippen LogP) is 4.35. The molecule has 0 aliphatic heterocycles. The molecule has 0 aliphatic rings. The second kappa shape index (κ2) is 6.65. The van der Waals surface area contributed by atoms with E-state index in [2.05, 4.69) is 32.9 Å². The van der Waals surface area contributed by atoms with Crippen LogP contribution in [-0.2, 0) is 16.8 Å². The number of methoxy groups -OCH3 is 1. The maximum absolute atomic E-state index is 12.0. The van der Waals surface area contributed by atoms with Gasteiger partial charge in [-0.2, -0.15) is 0 Å². The van der Waals surface area contributed by atoms with Gasteiger partial charge in [-0.05, 0) is 40.8 Å². The largest absolute Gasteiger partial charge is 0.497 e. The fourth-order valence-electron chi connectivity index (χ4n) is 2.06. The molecule has 0 fully saturated rings. The van der Waals surface area contributed by atoms with Crippen molar-refractivity contribution in [3.63, 3.8) is 0 Å². The van der Waals surface area contributed by atoms with Crippen molar-refractivity contribution in [2.24, 2.45) is 0 Å². The van der Waals surface area contributed by atoms with Crippen LogP contribution >= 0.6 is 0 Å². The van der Waals surface area contributed by atoms with Crippen LogP contribution in [0.2, 0.25) is 0 Å². The monoisotopic (exact) mass is 298 g/mol. The number of hydrogen-bond acceptors (Lipinski definition) is 3. The Hall–Kier alpha value is -2.29. The van der Waals surface area contributed by atoms with E-state index in [1.807, 2.05) is 12.1 Å². The highest BCUT2D eigenvalue weighted by atomic mass is 16.5. The van der Waals surface area contributed by atoms with Crippen LogP contribution in [0.5, 0.6) is 5.75 Å². The molecule has 2 aromatic carbocycles. The van der Waals surface area contributed by atoms with Crippen LogP contribution in [0.1, 0.15) is 42.3 Å². The Bertz CT molecular complexity index is 619. The Morgan fingerprint density at radius 1 is 0.955 bits per heavy atom. The van der Waals surface area contributed by atoms with Crippen molar-refractivity contribution in [3.05, 3.63) is 65.2 Å². The molecule has 0 atom stereocenters. The van der Waals surface area contributed by atoms with Gasteiger partial charge in [0.15, 0.2) is 0 Å². The number of ether oxygens (including phenoxy) is 2. The highest BCUT2D eigenvalue weighted by molar-refractivity contribution is 5.89. The summed E-state index contributed by atoms with van der Waals surface area (Å²) in [5.74, 6) is 0.386. The minimum Gasteiger partial charge on any atom is -0.497 e. The van der Waals surface area contributed by atoms with Crippen molar-refractivity contribution in [2.45, 2.75) is 32.8 Å². The number of benzene rings is 2. The average molecular weight is 298 g/mol. The van der Waals surface area contributed by atoms with Gasteiger partial charge in [0.25, 0.3) is 0 Å². The standard InChI is InChI=1S/C19H22O3/c1-19(2,3)16-9-5-14(6-10-16)13-22-18(20)15-7-11-17(21-4)12-8-15/h5-12H,13H2,1-4H3. The van der Waals surface area contributed by atoms with Gasteiger partial charge in [-0.15, -0.1) is 0 Å². The van der Waals surface area contributed by atoms with Crippen molar-refractivity contribution < 1.29 is 14.3 Å². The van der Waals surface area contributed by atoms with Crippen molar-refractivity contribution in [1.29, 1.82) is 0 Å². The zero-order valence-electron chi connectivity index (χ0n) is 13.6. The summed E-state index contributed by atoms with van der Waals surface area (Å²) in [7, 11) is 1.59. The molecule has 3 heteroatoms. The van der Waals surface area contributed by atoms with Crippen LogP contribution < -0.4 is 4.74 Å². The lowest BCUT2D eigenvalue weighted by Gasteiger charge is -2.19. The molecule has 0 unspecified atom stereocenters. The first-order chi connectivity index (χ1) is 10.4. The lowest BCUT2D eigenvalue weighted by atomic mass is 9.87. The van der Waals surface area contributed by atoms with Crippen LogP contribution in [0.3, 0.4) is 0 Å². The number of hydrogen-bond donors (Lipinski definition) is 0. The summed E-state index contributed by atoms with van der Waals surface area (Å²) < 4.78 is 10.4. The van der Waals surface area contributed by atoms with E-state index in [-0.39, 0.29) is 18.0 Å². The lowest BCUT2D eigenvalue weighted by Crippen LogP contribution is -2.11. The van der Waals surface area contributed by atoms with E-state index in [0.29, 0.717) is 11.3 Å². The Balaban J connectivity index is 1.95. The summed E-state index contributed by atoms with van der Waals surface area (Å²) in [6.07, 6.45) is 0. The third-order valence-electron chi connectivity index (χ3n) is 3.52. The van der Waals surface area contributed by atoms with Crippen LogP contribution in [0, 0.1) is 0 Å². The maximum atomic E-state index is 12.0. The second-order valence-corrected chi connectivity index (χ2v) is 6.25. The molecule has 0 amide bonds. The second-order valence-electron chi connectivity index (χ2n) is 6.25. The Kier molecular flexibility index (Phi) is 4.86. The van der Waals surface area contributed by atoms with Crippen LogP contribution in [0.25, 0.3) is 0 Å². The number of carbonyl (C=O) groups excluding carboxylic acids is 1. The Labute approximate surface area is 131 Å². The van der Waals surface area contributed by atoms with E-state index in [4.69, 9.17) is 9.47 Å². The van der Waals surface area contributed by atoms with Crippen LogP contribution in [0.15, 0.2) is 48.5 Å². The molecule has 0 bridgehead atoms. The highest BCUT2D eigenvalue weighted by Crippen LogP contribution is 2.22. The average Bonchev–Trinajstić information content (AvgIpc) is 2.52. The Morgan fingerprint density at radius 2 is 1.55 bits per heavy atom. The molecule has 0 heterocycles. The first kappa shape index (κ1) is 16.1. The minimum atomic E-state index is -0.331. The normalized spacial score (nSPS) is 11.1. The van der Waals surface area contributed by atoms with Gasteiger partial charge in [0.05, 0.1) is 12.7 Å². The van der Waals surface area contributed by atoms with Crippen molar-refractivity contribution in [3.8, 4) is 5.75 Å². The molecule has 0 N–H and O–H groups in total. The van der Waals surface area contributed by atoms with Gasteiger partial charge in [0.2, 0.25) is 0 Å². The zero-order chi connectivity index (χ0) is 16.2. The van der Waals surface area contributed by atoms with Crippen LogP contribution in [0.4, 0.5) is 0 Å². The summed E-state index contributed by atoms with van der Waals surface area (Å²) in [5.41, 5.74) is 2.89. The van der Waals surface area contributed by atoms with Gasteiger partial charge < -0.3 is 9.47 Å². The topological polar surface area (TPSA) is 35.5 Å². The third-order valence-corrected chi connectivity index (χ3v) is 3.52. The molecular weight excluding hydrogens is 276 g/mol. The van der Waals surface area contributed by atoms with Crippen molar-refractivity contribution in [2.75, 3.05) is 7.11 Å². The van der Waals surface area contributed by atoms with E-state index in [1.54, 1.807) is 31.4 Å². The van der Waals surface area contributed by atoms with Gasteiger partial charge in [-0.25, -0.2) is 4.79 Å². The number of esters is 1. The molecular formula is C19H22O3. The van der Waals surface area contributed by atoms with E-state index in [1.165, 1.54) is 5.56 Å². The van der Waals surface area contributed by atoms with Crippen molar-refractivity contribution >= 4 is 5.97 Å². The summed E-state index contributed by atoms with van der Waals surface area (Å²) in [4.78, 5) is 12.0. The SMILES string of the molecule is COc1ccc(C(=O)OCc2ccc(C(C)(C)C)cc2)cc1. The van der Waals surface area contributed by atoms with Gasteiger partial charge in [-0.3, -0.25) is 0 Å². The van der Waals surface area contributed by atoms with Gasteiger partial charge in [0, 0.05) is 0 Å². The molecule has 0 aromatic heterocycles. The summed E-state index contributed by atoms with van der Waals surface area (Å²) in [6, 6.07) is 15.0. The molecule has 116 valence electrons. The first-order valence-corrected chi connectivity index (χ1v) is 7.31. The maximum Gasteiger partial charge on any atom is 0.338 e. The Morgan fingerprint density at radius 3 is 2.05 bits per heavy atom. The number of carbonyl (C=O) groups is 1. The van der Waals surface area contributed by atoms with E-state index in [9.17, 15) is 4.79 Å². The molecule has 0 aliphatic carbocycles. The molecule has 2 aromatic rings. The molecule has 0 saturated carbocycles. The predicted molar refractivity (Wildman–Crippen MR) is 87.3 cm³/mol. The van der Waals surface area contributed by atoms with Gasteiger partial charge >= 0.3 is 5.97 Å². The quantitative estimate of drug-likeness (QED) is 0.787. The molecule has 0 saturated heterocycles. The molecule has 3 nitrogen and oxygen atoms in total. The third kappa shape index (κ3) is 4.10. The van der Waals surface area contributed by atoms with Crippen molar-refractivity contribution in [1.82, 2.24) is 0 Å². The zero-order valence-corrected chi connectivity index (χ0v) is 13.6. The fraction of sp³-hybridized carbons (Fsp3) is 0.316. The first-order valence-electron chi connectivity index (χ1n) is 7.31. The lowest BCUT2D eigenvalue weighted by molar-refractivity contribution is 0.0472. The van der Waals surface area contributed by atoms with Crippen LogP contribution in [-0.4, -0.2) is 13.1 Å². The highest BCUT2D eigenvalue weighted by Gasteiger charge is 2.13. The molecule has 0 radical (unpaired) electrons. The smallest absolute Gasteiger partial charge is 0.338 e. The van der Waals surface area contributed by atoms with Gasteiger partial charge in [0.1, 0.15) is 12.4 Å².